The highest BCUT2D eigenvalue weighted by molar-refractivity contribution is 5.44. The van der Waals surface area contributed by atoms with E-state index in [1.807, 2.05) is 42.6 Å². The third kappa shape index (κ3) is 7.64. The van der Waals surface area contributed by atoms with Gasteiger partial charge in [0, 0.05) is 62.2 Å². The Morgan fingerprint density at radius 3 is 2.35 bits per heavy atom. The van der Waals surface area contributed by atoms with Crippen LogP contribution in [0.5, 0.6) is 5.75 Å². The van der Waals surface area contributed by atoms with Crippen LogP contribution in [0.4, 0.5) is 0 Å². The van der Waals surface area contributed by atoms with Gasteiger partial charge in [-0.1, -0.05) is 42.2 Å². The maximum atomic E-state index is 12.0. The van der Waals surface area contributed by atoms with Crippen molar-refractivity contribution < 1.29 is 9.84 Å². The van der Waals surface area contributed by atoms with Gasteiger partial charge in [-0.25, -0.2) is 4.98 Å². The lowest BCUT2D eigenvalue weighted by Gasteiger charge is -2.26. The molecule has 0 bridgehead atoms. The molecule has 2 aromatic heterocycles. The molecule has 4 aromatic rings. The van der Waals surface area contributed by atoms with Gasteiger partial charge in [0.25, 0.3) is 5.56 Å². The van der Waals surface area contributed by atoms with Gasteiger partial charge in [-0.05, 0) is 53.4 Å². The third-order valence-electron chi connectivity index (χ3n) is 6.94. The quantitative estimate of drug-likeness (QED) is 0.283. The molecule has 204 valence electrons. The Hall–Kier alpha value is -4.29. The van der Waals surface area contributed by atoms with Crippen LogP contribution in [-0.2, 0) is 24.2 Å². The number of aromatic nitrogens is 3. The topological polar surface area (TPSA) is 103 Å². The van der Waals surface area contributed by atoms with E-state index >= 15 is 0 Å². The first-order valence-corrected chi connectivity index (χ1v) is 13.5. The maximum Gasteiger partial charge on any atom is 0.293 e. The number of benzene rings is 2. The first kappa shape index (κ1) is 27.3. The van der Waals surface area contributed by atoms with Crippen LogP contribution >= 0.6 is 0 Å². The lowest BCUT2D eigenvalue weighted by molar-refractivity contribution is 0.0342. The van der Waals surface area contributed by atoms with E-state index in [2.05, 4.69) is 61.3 Å². The summed E-state index contributed by atoms with van der Waals surface area (Å²) >= 11 is 0. The van der Waals surface area contributed by atoms with Crippen molar-refractivity contribution >= 4 is 0 Å². The second-order valence-corrected chi connectivity index (χ2v) is 9.89. The lowest BCUT2D eigenvalue weighted by Crippen LogP contribution is -2.35. The second kappa shape index (κ2) is 13.7. The van der Waals surface area contributed by atoms with Crippen LogP contribution in [0.2, 0.25) is 0 Å². The number of nitrogens with one attached hydrogen (secondary N) is 2. The standard InChI is InChI=1S/C32H33N5O3/c38-31-30(35-23-36-32(31)39)29(21-34-20-28-2-1-13-33-19-28)18-26-9-5-24(6-10-26)3-4-25-7-11-27(12-8-25)22-37-14-16-40-17-15-37/h1-2,5-13,19,23,29,34,38H,14-18,20-22H2,(H,35,36,39). The minimum Gasteiger partial charge on any atom is -0.502 e. The largest absolute Gasteiger partial charge is 0.502 e. The molecular weight excluding hydrogens is 502 g/mol. The van der Waals surface area contributed by atoms with E-state index in [0.29, 0.717) is 25.2 Å². The van der Waals surface area contributed by atoms with Crippen molar-refractivity contribution in [2.75, 3.05) is 32.8 Å². The van der Waals surface area contributed by atoms with Crippen LogP contribution in [-0.4, -0.2) is 57.8 Å². The van der Waals surface area contributed by atoms with E-state index in [1.54, 1.807) is 6.20 Å². The van der Waals surface area contributed by atoms with Crippen LogP contribution in [0.25, 0.3) is 0 Å². The first-order chi connectivity index (χ1) is 19.6. The second-order valence-electron chi connectivity index (χ2n) is 9.89. The first-order valence-electron chi connectivity index (χ1n) is 13.5. The van der Waals surface area contributed by atoms with Gasteiger partial charge in [-0.3, -0.25) is 14.7 Å². The Bertz CT molecular complexity index is 1490. The van der Waals surface area contributed by atoms with E-state index in [-0.39, 0.29) is 11.7 Å². The van der Waals surface area contributed by atoms with Crippen molar-refractivity contribution in [3.05, 3.63) is 123 Å². The summed E-state index contributed by atoms with van der Waals surface area (Å²) in [4.78, 5) is 25.3. The molecule has 40 heavy (non-hydrogen) atoms. The minimum atomic E-state index is -0.540. The number of hydrogen-bond acceptors (Lipinski definition) is 7. The number of pyridine rings is 1. The van der Waals surface area contributed by atoms with E-state index in [4.69, 9.17) is 4.74 Å². The molecular formula is C32H33N5O3. The Kier molecular flexibility index (Phi) is 9.33. The highest BCUT2D eigenvalue weighted by Gasteiger charge is 2.20. The molecule has 1 saturated heterocycles. The normalized spacial score (nSPS) is 14.3. The molecule has 8 nitrogen and oxygen atoms in total. The molecule has 3 heterocycles. The number of ether oxygens (including phenoxy) is 1. The van der Waals surface area contributed by atoms with Crippen molar-refractivity contribution in [2.24, 2.45) is 0 Å². The molecule has 1 atom stereocenters. The van der Waals surface area contributed by atoms with Crippen molar-refractivity contribution in [3.63, 3.8) is 0 Å². The van der Waals surface area contributed by atoms with E-state index in [0.717, 1.165) is 55.1 Å². The zero-order chi connectivity index (χ0) is 27.6. The highest BCUT2D eigenvalue weighted by Crippen LogP contribution is 2.24. The minimum absolute atomic E-state index is 0.202. The van der Waals surface area contributed by atoms with Crippen molar-refractivity contribution in [1.29, 1.82) is 0 Å². The summed E-state index contributed by atoms with van der Waals surface area (Å²) in [6, 6.07) is 20.4. The molecule has 0 amide bonds. The number of aromatic hydroxyl groups is 1. The summed E-state index contributed by atoms with van der Waals surface area (Å²) in [5, 5.41) is 13.8. The average molecular weight is 536 g/mol. The number of hydrogen-bond donors (Lipinski definition) is 3. The van der Waals surface area contributed by atoms with Gasteiger partial charge in [0.2, 0.25) is 5.75 Å². The summed E-state index contributed by atoms with van der Waals surface area (Å²) in [7, 11) is 0. The number of rotatable bonds is 9. The van der Waals surface area contributed by atoms with Gasteiger partial charge in [0.1, 0.15) is 0 Å². The summed E-state index contributed by atoms with van der Waals surface area (Å²) in [5.41, 5.74) is 5.13. The van der Waals surface area contributed by atoms with Crippen LogP contribution in [0.3, 0.4) is 0 Å². The van der Waals surface area contributed by atoms with Crippen LogP contribution in [0.15, 0.2) is 84.2 Å². The van der Waals surface area contributed by atoms with Gasteiger partial charge < -0.3 is 20.1 Å². The third-order valence-corrected chi connectivity index (χ3v) is 6.94. The van der Waals surface area contributed by atoms with Gasteiger partial charge >= 0.3 is 0 Å². The van der Waals surface area contributed by atoms with Crippen LogP contribution in [0.1, 0.15) is 39.4 Å². The molecule has 0 radical (unpaired) electrons. The van der Waals surface area contributed by atoms with Crippen molar-refractivity contribution in [1.82, 2.24) is 25.2 Å². The predicted octanol–water partition coefficient (Wildman–Crippen LogP) is 3.22. The molecule has 5 rings (SSSR count). The molecule has 3 N–H and O–H groups in total. The van der Waals surface area contributed by atoms with Gasteiger partial charge in [0.05, 0.1) is 25.2 Å². The summed E-state index contributed by atoms with van der Waals surface area (Å²) in [6.07, 6.45) is 5.48. The SMILES string of the molecule is O=c1[nH]cnc(C(CNCc2cccnc2)Cc2ccc(C#Cc3ccc(CN4CCOCC4)cc3)cc2)c1O. The van der Waals surface area contributed by atoms with Crippen molar-refractivity contribution in [3.8, 4) is 17.6 Å². The van der Waals surface area contributed by atoms with E-state index < -0.39 is 5.56 Å². The fourth-order valence-corrected chi connectivity index (χ4v) is 4.73. The Morgan fingerprint density at radius 1 is 0.975 bits per heavy atom. The van der Waals surface area contributed by atoms with Gasteiger partial charge in [-0.2, -0.15) is 0 Å². The summed E-state index contributed by atoms with van der Waals surface area (Å²) in [5.74, 6) is 5.96. The Balaban J connectivity index is 1.22. The number of aromatic amines is 1. The smallest absolute Gasteiger partial charge is 0.293 e. The Morgan fingerprint density at radius 2 is 1.68 bits per heavy atom. The van der Waals surface area contributed by atoms with E-state index in [9.17, 15) is 9.90 Å². The molecule has 2 aromatic carbocycles. The average Bonchev–Trinajstić information content (AvgIpc) is 2.99. The number of H-pyrrole nitrogens is 1. The van der Waals surface area contributed by atoms with E-state index in [1.165, 1.54) is 11.9 Å². The molecule has 0 saturated carbocycles. The van der Waals surface area contributed by atoms with Crippen LogP contribution < -0.4 is 10.9 Å². The number of morpholine rings is 1. The zero-order valence-electron chi connectivity index (χ0n) is 22.3. The zero-order valence-corrected chi connectivity index (χ0v) is 22.3. The lowest BCUT2D eigenvalue weighted by atomic mass is 9.94. The number of nitrogens with zero attached hydrogens (tertiary/aromatic N) is 3. The Labute approximate surface area is 234 Å². The maximum absolute atomic E-state index is 12.0. The monoisotopic (exact) mass is 535 g/mol. The fraction of sp³-hybridized carbons (Fsp3) is 0.281. The van der Waals surface area contributed by atoms with Gasteiger partial charge in [0.15, 0.2) is 0 Å². The molecule has 1 unspecified atom stereocenters. The highest BCUT2D eigenvalue weighted by atomic mass is 16.5. The van der Waals surface area contributed by atoms with Gasteiger partial charge in [-0.15, -0.1) is 0 Å². The molecule has 1 aliphatic rings. The molecule has 0 aliphatic carbocycles. The molecule has 1 fully saturated rings. The summed E-state index contributed by atoms with van der Waals surface area (Å²) < 4.78 is 5.43. The molecule has 1 aliphatic heterocycles. The molecule has 8 heteroatoms. The molecule has 0 spiro atoms. The summed E-state index contributed by atoms with van der Waals surface area (Å²) in [6.45, 7) is 5.64. The van der Waals surface area contributed by atoms with Crippen LogP contribution in [0, 0.1) is 11.8 Å². The predicted molar refractivity (Wildman–Crippen MR) is 154 cm³/mol. The fourth-order valence-electron chi connectivity index (χ4n) is 4.73. The van der Waals surface area contributed by atoms with Crippen molar-refractivity contribution in [2.45, 2.75) is 25.4 Å².